The van der Waals surface area contributed by atoms with Gasteiger partial charge in [0, 0.05) is 24.5 Å². The topological polar surface area (TPSA) is 62.6 Å². The smallest absolute Gasteiger partial charge is 0.266 e. The van der Waals surface area contributed by atoms with Crippen LogP contribution in [0, 0.1) is 0 Å². The van der Waals surface area contributed by atoms with Gasteiger partial charge in [-0.2, -0.15) is 0 Å². The van der Waals surface area contributed by atoms with Crippen molar-refractivity contribution in [2.24, 2.45) is 4.99 Å². The fourth-order valence-corrected chi connectivity index (χ4v) is 3.50. The van der Waals surface area contributed by atoms with Gasteiger partial charge in [-0.25, -0.2) is 9.88 Å². The Morgan fingerprint density at radius 2 is 1.69 bits per heavy atom. The van der Waals surface area contributed by atoms with E-state index < -0.39 is 5.92 Å². The van der Waals surface area contributed by atoms with Gasteiger partial charge in [0.05, 0.1) is 5.92 Å². The van der Waals surface area contributed by atoms with Gasteiger partial charge in [0.15, 0.2) is 0 Å². The van der Waals surface area contributed by atoms with Crippen LogP contribution in [0.2, 0.25) is 0 Å². The first kappa shape index (κ1) is 18.7. The molecule has 1 aliphatic heterocycles. The maximum atomic E-state index is 13.2. The quantitative estimate of drug-likeness (QED) is 0.366. The van der Waals surface area contributed by atoms with Gasteiger partial charge in [-0.15, -0.1) is 0 Å². The average molecular weight is 383 g/mol. The largest absolute Gasteiger partial charge is 0.296 e. The third kappa shape index (κ3) is 3.99. The Morgan fingerprint density at radius 1 is 0.931 bits per heavy atom. The molecule has 1 atom stereocenters. The molecule has 5 heteroatoms. The number of nitrogens with zero attached hydrogens (tertiary/aromatic N) is 3. The zero-order valence-electron chi connectivity index (χ0n) is 15.9. The van der Waals surface area contributed by atoms with E-state index in [0.717, 1.165) is 17.7 Å². The van der Waals surface area contributed by atoms with E-state index in [0.29, 0.717) is 23.5 Å². The van der Waals surface area contributed by atoms with Crippen molar-refractivity contribution in [1.29, 1.82) is 0 Å². The van der Waals surface area contributed by atoms with Crippen molar-refractivity contribution < 1.29 is 9.59 Å². The van der Waals surface area contributed by atoms with E-state index in [9.17, 15) is 9.59 Å². The maximum Gasteiger partial charge on any atom is 0.266 e. The predicted octanol–water partition coefficient (Wildman–Crippen LogP) is 4.06. The second-order valence-electron chi connectivity index (χ2n) is 6.88. The summed E-state index contributed by atoms with van der Waals surface area (Å²) in [5, 5.41) is 0. The highest BCUT2D eigenvalue weighted by molar-refractivity contribution is 6.28. The molecule has 0 spiro atoms. The van der Waals surface area contributed by atoms with Crippen molar-refractivity contribution in [1.82, 2.24) is 4.98 Å². The lowest BCUT2D eigenvalue weighted by atomic mass is 9.89. The van der Waals surface area contributed by atoms with Gasteiger partial charge in [0.2, 0.25) is 5.91 Å². The number of benzene rings is 2. The minimum absolute atomic E-state index is 0.320. The van der Waals surface area contributed by atoms with E-state index in [1.165, 1.54) is 5.56 Å². The van der Waals surface area contributed by atoms with Crippen LogP contribution in [-0.2, 0) is 11.2 Å². The number of rotatable bonds is 6. The van der Waals surface area contributed by atoms with Crippen LogP contribution in [0.3, 0.4) is 0 Å². The monoisotopic (exact) mass is 383 g/mol. The molecule has 2 amide bonds. The van der Waals surface area contributed by atoms with Crippen LogP contribution in [0.4, 0.5) is 5.82 Å². The van der Waals surface area contributed by atoms with Crippen molar-refractivity contribution >= 4 is 23.8 Å². The first-order chi connectivity index (χ1) is 14.3. The summed E-state index contributed by atoms with van der Waals surface area (Å²) < 4.78 is 0. The predicted molar refractivity (Wildman–Crippen MR) is 113 cm³/mol. The molecular formula is C24H21N3O2. The van der Waals surface area contributed by atoms with Gasteiger partial charge in [-0.3, -0.25) is 14.6 Å². The highest BCUT2D eigenvalue weighted by Gasteiger charge is 2.39. The number of hydrogen-bond acceptors (Lipinski definition) is 4. The number of aromatic nitrogens is 1. The molecule has 4 rings (SSSR count). The van der Waals surface area contributed by atoms with E-state index in [2.05, 4.69) is 22.1 Å². The molecule has 3 aromatic rings. The molecular weight excluding hydrogens is 362 g/mol. The van der Waals surface area contributed by atoms with Crippen molar-refractivity contribution in [2.45, 2.75) is 18.8 Å². The summed E-state index contributed by atoms with van der Waals surface area (Å²) in [7, 11) is 0. The minimum atomic E-state index is -0.595. The van der Waals surface area contributed by atoms with E-state index in [4.69, 9.17) is 0 Å². The highest BCUT2D eigenvalue weighted by Crippen LogP contribution is 2.30. The number of fused-ring (bicyclic) bond motifs is 1. The highest BCUT2D eigenvalue weighted by atomic mass is 16.2. The molecule has 1 aliphatic rings. The summed E-state index contributed by atoms with van der Waals surface area (Å²) in [5.74, 6) is -0.931. The van der Waals surface area contributed by atoms with Crippen molar-refractivity contribution in [3.05, 3.63) is 95.7 Å². The van der Waals surface area contributed by atoms with E-state index in [-0.39, 0.29) is 11.8 Å². The second kappa shape index (κ2) is 8.61. The number of imide groups is 1. The average Bonchev–Trinajstić information content (AvgIpc) is 2.77. The summed E-state index contributed by atoms with van der Waals surface area (Å²) >= 11 is 0. The number of amides is 2. The van der Waals surface area contributed by atoms with Crippen LogP contribution >= 0.6 is 0 Å². The molecule has 2 aromatic carbocycles. The fourth-order valence-electron chi connectivity index (χ4n) is 3.50. The summed E-state index contributed by atoms with van der Waals surface area (Å²) in [4.78, 5) is 35.9. The summed E-state index contributed by atoms with van der Waals surface area (Å²) in [6.07, 6.45) is 5.08. The van der Waals surface area contributed by atoms with Gasteiger partial charge in [-0.05, 0) is 42.2 Å². The molecule has 0 N–H and O–H groups in total. The Bertz CT molecular complexity index is 1030. The lowest BCUT2D eigenvalue weighted by Crippen LogP contribution is -2.45. The van der Waals surface area contributed by atoms with E-state index in [1.807, 2.05) is 30.3 Å². The van der Waals surface area contributed by atoms with Crippen LogP contribution in [0.25, 0.3) is 0 Å². The first-order valence-electron chi connectivity index (χ1n) is 9.68. The zero-order valence-corrected chi connectivity index (χ0v) is 15.9. The van der Waals surface area contributed by atoms with Gasteiger partial charge in [-0.1, -0.05) is 54.6 Å². The molecule has 1 unspecified atom stereocenters. The van der Waals surface area contributed by atoms with E-state index in [1.54, 1.807) is 42.7 Å². The Labute approximate surface area is 169 Å². The van der Waals surface area contributed by atoms with Gasteiger partial charge >= 0.3 is 0 Å². The molecule has 0 fully saturated rings. The summed E-state index contributed by atoms with van der Waals surface area (Å²) in [5.41, 5.74) is 2.48. The van der Waals surface area contributed by atoms with Gasteiger partial charge < -0.3 is 0 Å². The fraction of sp³-hybridized carbons (Fsp3) is 0.167. The number of aliphatic imine (C=N–C) groups is 1. The second-order valence-corrected chi connectivity index (χ2v) is 6.88. The third-order valence-corrected chi connectivity index (χ3v) is 4.94. The Hall–Kier alpha value is -3.60. The van der Waals surface area contributed by atoms with Crippen molar-refractivity contribution in [2.75, 3.05) is 11.4 Å². The summed E-state index contributed by atoms with van der Waals surface area (Å²) in [6.45, 7) is 0.623. The molecule has 0 saturated heterocycles. The molecule has 29 heavy (non-hydrogen) atoms. The Balaban J connectivity index is 1.54. The molecule has 1 aromatic heterocycles. The van der Waals surface area contributed by atoms with Gasteiger partial charge in [0.25, 0.3) is 5.91 Å². The molecule has 5 nitrogen and oxygen atoms in total. The molecule has 0 radical (unpaired) electrons. The van der Waals surface area contributed by atoms with Crippen molar-refractivity contribution in [3.63, 3.8) is 0 Å². The first-order valence-corrected chi connectivity index (χ1v) is 9.68. The lowest BCUT2D eigenvalue weighted by molar-refractivity contribution is -0.118. The Morgan fingerprint density at radius 3 is 2.48 bits per heavy atom. The van der Waals surface area contributed by atoms with Gasteiger partial charge in [0.1, 0.15) is 5.82 Å². The minimum Gasteiger partial charge on any atom is -0.296 e. The molecule has 0 saturated carbocycles. The lowest BCUT2D eigenvalue weighted by Gasteiger charge is -2.30. The molecule has 0 bridgehead atoms. The summed E-state index contributed by atoms with van der Waals surface area (Å²) in [6, 6.07) is 22.6. The van der Waals surface area contributed by atoms with Crippen LogP contribution in [0.5, 0.6) is 0 Å². The third-order valence-electron chi connectivity index (χ3n) is 4.94. The SMILES string of the molecule is O=C1c2ccccc2C(C=NCCCc2ccccc2)C(=O)N1c1ccccn1. The molecule has 0 aliphatic carbocycles. The van der Waals surface area contributed by atoms with E-state index >= 15 is 0 Å². The number of anilines is 1. The normalized spacial score (nSPS) is 16.3. The Kier molecular flexibility index (Phi) is 5.56. The number of carbonyl (C=O) groups excluding carboxylic acids is 2. The zero-order chi connectivity index (χ0) is 20.1. The van der Waals surface area contributed by atoms with Crippen LogP contribution in [0.1, 0.15) is 33.8 Å². The number of hydrogen-bond donors (Lipinski definition) is 0. The van der Waals surface area contributed by atoms with Crippen LogP contribution < -0.4 is 4.90 Å². The number of pyridine rings is 1. The molecule has 144 valence electrons. The number of aryl methyl sites for hydroxylation is 1. The number of carbonyl (C=O) groups is 2. The van der Waals surface area contributed by atoms with Crippen LogP contribution in [-0.4, -0.2) is 29.6 Å². The van der Waals surface area contributed by atoms with Crippen molar-refractivity contribution in [3.8, 4) is 0 Å². The molecule has 2 heterocycles. The maximum absolute atomic E-state index is 13.2. The van der Waals surface area contributed by atoms with Crippen LogP contribution in [0.15, 0.2) is 84.0 Å². The standard InChI is InChI=1S/C24H21N3O2/c28-23-20-13-5-4-12-19(20)21(24(29)27(23)22-14-6-7-16-26-22)17-25-15-8-11-18-9-2-1-3-10-18/h1-7,9-10,12-14,16-17,21H,8,11,15H2.